The average Bonchev–Trinajstić information content (AvgIpc) is 2.42. The predicted molar refractivity (Wildman–Crippen MR) is 59.3 cm³/mol. The van der Waals surface area contributed by atoms with Gasteiger partial charge in [-0.1, -0.05) is 12.1 Å². The fraction of sp³-hybridized carbons (Fsp3) is 0.273. The van der Waals surface area contributed by atoms with Crippen molar-refractivity contribution in [3.8, 4) is 0 Å². The van der Waals surface area contributed by atoms with E-state index in [4.69, 9.17) is 5.73 Å². The number of amides is 1. The quantitative estimate of drug-likeness (QED) is 0.672. The third-order valence-corrected chi connectivity index (χ3v) is 2.59. The van der Waals surface area contributed by atoms with Gasteiger partial charge < -0.3 is 5.73 Å². The van der Waals surface area contributed by atoms with E-state index in [-0.39, 0.29) is 5.91 Å². The molecule has 1 aromatic rings. The Bertz CT molecular complexity index is 449. The smallest absolute Gasteiger partial charge is 0.251 e. The van der Waals surface area contributed by atoms with Crippen molar-refractivity contribution < 1.29 is 4.79 Å². The van der Waals surface area contributed by atoms with E-state index in [0.717, 1.165) is 11.3 Å². The molecule has 1 aromatic carbocycles. The minimum atomic E-state index is -0.589. The third-order valence-electron chi connectivity index (χ3n) is 2.59. The molecule has 15 heavy (non-hydrogen) atoms. The molecule has 0 fully saturated rings. The minimum absolute atomic E-state index is 0.0834. The summed E-state index contributed by atoms with van der Waals surface area (Å²) < 4.78 is 0. The van der Waals surface area contributed by atoms with E-state index in [1.807, 2.05) is 32.0 Å². The van der Waals surface area contributed by atoms with Crippen molar-refractivity contribution in [1.82, 2.24) is 5.43 Å². The molecule has 0 radical (unpaired) electrons. The number of nitrogens with one attached hydrogen (secondary N) is 1. The highest BCUT2D eigenvalue weighted by molar-refractivity contribution is 6.19. The van der Waals surface area contributed by atoms with Crippen LogP contribution in [0.3, 0.4) is 0 Å². The van der Waals surface area contributed by atoms with Crippen molar-refractivity contribution in [2.45, 2.75) is 13.8 Å². The zero-order valence-corrected chi connectivity index (χ0v) is 8.74. The van der Waals surface area contributed by atoms with E-state index in [9.17, 15) is 4.79 Å². The van der Waals surface area contributed by atoms with Gasteiger partial charge in [-0.3, -0.25) is 4.79 Å². The van der Waals surface area contributed by atoms with E-state index in [0.29, 0.717) is 5.69 Å². The molecule has 1 aliphatic rings. The summed E-state index contributed by atoms with van der Waals surface area (Å²) in [5, 5.41) is 4.04. The van der Waals surface area contributed by atoms with E-state index >= 15 is 0 Å². The van der Waals surface area contributed by atoms with Gasteiger partial charge in [-0.15, -0.1) is 0 Å². The maximum atomic E-state index is 11.5. The molecule has 0 saturated carbocycles. The van der Waals surface area contributed by atoms with Crippen LogP contribution < -0.4 is 11.2 Å². The van der Waals surface area contributed by atoms with Gasteiger partial charge in [-0.2, -0.15) is 5.10 Å². The molecule has 0 aromatic heterocycles. The van der Waals surface area contributed by atoms with Crippen molar-refractivity contribution >= 4 is 17.3 Å². The van der Waals surface area contributed by atoms with E-state index < -0.39 is 5.41 Å². The summed E-state index contributed by atoms with van der Waals surface area (Å²) >= 11 is 0. The van der Waals surface area contributed by atoms with Crippen LogP contribution in [0.4, 0.5) is 5.69 Å². The van der Waals surface area contributed by atoms with Gasteiger partial charge >= 0.3 is 0 Å². The molecule has 4 nitrogen and oxygen atoms in total. The van der Waals surface area contributed by atoms with Crippen LogP contribution in [0.2, 0.25) is 0 Å². The number of carbonyl (C=O) groups excluding carboxylic acids is 1. The molecule has 78 valence electrons. The zero-order chi connectivity index (χ0) is 11.1. The first kappa shape index (κ1) is 9.71. The van der Waals surface area contributed by atoms with Crippen LogP contribution >= 0.6 is 0 Å². The number of hydrogen-bond donors (Lipinski definition) is 2. The molecule has 0 spiro atoms. The van der Waals surface area contributed by atoms with Crippen molar-refractivity contribution in [2.75, 3.05) is 5.73 Å². The zero-order valence-electron chi connectivity index (χ0n) is 8.74. The Morgan fingerprint density at radius 1 is 1.40 bits per heavy atom. The topological polar surface area (TPSA) is 67.5 Å². The Morgan fingerprint density at radius 2 is 2.13 bits per heavy atom. The van der Waals surface area contributed by atoms with Gasteiger partial charge in [-0.25, -0.2) is 5.43 Å². The number of rotatable bonds is 1. The van der Waals surface area contributed by atoms with Crippen LogP contribution in [0.1, 0.15) is 19.4 Å². The van der Waals surface area contributed by atoms with Gasteiger partial charge in [0.2, 0.25) is 0 Å². The van der Waals surface area contributed by atoms with Crippen LogP contribution in [-0.2, 0) is 4.79 Å². The van der Waals surface area contributed by atoms with Crippen LogP contribution in [0.5, 0.6) is 0 Å². The fourth-order valence-corrected chi connectivity index (χ4v) is 1.61. The summed E-state index contributed by atoms with van der Waals surface area (Å²) in [5.41, 5.74) is 9.88. The number of nitrogen functional groups attached to an aromatic ring is 1. The molecular formula is C11H13N3O. The number of hydrogen-bond acceptors (Lipinski definition) is 3. The first-order chi connectivity index (χ1) is 7.01. The Morgan fingerprint density at radius 3 is 2.67 bits per heavy atom. The molecule has 1 aliphatic heterocycles. The minimum Gasteiger partial charge on any atom is -0.399 e. The highest BCUT2D eigenvalue weighted by Crippen LogP contribution is 2.27. The van der Waals surface area contributed by atoms with Gasteiger partial charge in [0, 0.05) is 11.3 Å². The largest absolute Gasteiger partial charge is 0.399 e. The van der Waals surface area contributed by atoms with E-state index in [2.05, 4.69) is 10.5 Å². The first-order valence-corrected chi connectivity index (χ1v) is 4.76. The van der Waals surface area contributed by atoms with E-state index in [1.165, 1.54) is 0 Å². The summed E-state index contributed by atoms with van der Waals surface area (Å²) in [5.74, 6) is -0.0834. The second-order valence-corrected chi connectivity index (χ2v) is 4.15. The van der Waals surface area contributed by atoms with Gasteiger partial charge in [0.25, 0.3) is 5.91 Å². The van der Waals surface area contributed by atoms with Gasteiger partial charge in [0.15, 0.2) is 0 Å². The molecule has 1 heterocycles. The Labute approximate surface area is 88.2 Å². The van der Waals surface area contributed by atoms with Crippen molar-refractivity contribution in [2.24, 2.45) is 10.5 Å². The highest BCUT2D eigenvalue weighted by atomic mass is 16.2. The first-order valence-electron chi connectivity index (χ1n) is 4.76. The number of benzene rings is 1. The molecule has 0 saturated heterocycles. The molecule has 4 heteroatoms. The Balaban J connectivity index is 2.45. The maximum absolute atomic E-state index is 11.5. The highest BCUT2D eigenvalue weighted by Gasteiger charge is 2.39. The number of hydrazone groups is 1. The van der Waals surface area contributed by atoms with Crippen LogP contribution in [0.15, 0.2) is 29.4 Å². The lowest BCUT2D eigenvalue weighted by Crippen LogP contribution is -2.32. The predicted octanol–water partition coefficient (Wildman–Crippen LogP) is 1.13. The molecule has 0 unspecified atom stereocenters. The summed E-state index contributed by atoms with van der Waals surface area (Å²) in [4.78, 5) is 11.5. The van der Waals surface area contributed by atoms with Crippen LogP contribution in [-0.4, -0.2) is 11.6 Å². The second-order valence-electron chi connectivity index (χ2n) is 4.15. The third kappa shape index (κ3) is 1.48. The Hall–Kier alpha value is -1.84. The lowest BCUT2D eigenvalue weighted by Gasteiger charge is -2.16. The molecule has 2 rings (SSSR count). The lowest BCUT2D eigenvalue weighted by molar-refractivity contribution is -0.125. The van der Waals surface area contributed by atoms with Crippen molar-refractivity contribution in [1.29, 1.82) is 0 Å². The average molecular weight is 203 g/mol. The number of carbonyl (C=O) groups is 1. The maximum Gasteiger partial charge on any atom is 0.251 e. The molecule has 3 N–H and O–H groups in total. The van der Waals surface area contributed by atoms with Gasteiger partial charge in [0.1, 0.15) is 0 Å². The van der Waals surface area contributed by atoms with Crippen molar-refractivity contribution in [3.63, 3.8) is 0 Å². The van der Waals surface area contributed by atoms with Crippen molar-refractivity contribution in [3.05, 3.63) is 29.8 Å². The standard InChI is InChI=1S/C11H13N3O/c1-11(2)9(13-14-10(11)15)7-4-3-5-8(12)6-7/h3-6H,12H2,1-2H3,(H,14,15). The fourth-order valence-electron chi connectivity index (χ4n) is 1.61. The molecule has 0 bridgehead atoms. The monoisotopic (exact) mass is 203 g/mol. The summed E-state index contributed by atoms with van der Waals surface area (Å²) in [7, 11) is 0. The van der Waals surface area contributed by atoms with Crippen LogP contribution in [0.25, 0.3) is 0 Å². The number of anilines is 1. The normalized spacial score (nSPS) is 18.5. The number of nitrogens with zero attached hydrogens (tertiary/aromatic N) is 1. The molecule has 0 aliphatic carbocycles. The van der Waals surface area contributed by atoms with Gasteiger partial charge in [-0.05, 0) is 26.0 Å². The Kier molecular flexibility index (Phi) is 2.00. The SMILES string of the molecule is CC1(C)C(=O)NN=C1c1cccc(N)c1. The second kappa shape index (κ2) is 3.08. The van der Waals surface area contributed by atoms with Gasteiger partial charge in [0.05, 0.1) is 11.1 Å². The summed E-state index contributed by atoms with van der Waals surface area (Å²) in [6.07, 6.45) is 0. The molecular weight excluding hydrogens is 190 g/mol. The summed E-state index contributed by atoms with van der Waals surface area (Å²) in [6.45, 7) is 3.69. The van der Waals surface area contributed by atoms with E-state index in [1.54, 1.807) is 6.07 Å². The van der Waals surface area contributed by atoms with Crippen LogP contribution in [0, 0.1) is 5.41 Å². The summed E-state index contributed by atoms with van der Waals surface area (Å²) in [6, 6.07) is 7.38. The number of nitrogens with two attached hydrogens (primary N) is 1. The molecule has 0 atom stereocenters. The lowest BCUT2D eigenvalue weighted by atomic mass is 9.84. The molecule has 1 amide bonds.